The van der Waals surface area contributed by atoms with Crippen molar-refractivity contribution in [2.24, 2.45) is 0 Å². The third-order valence-corrected chi connectivity index (χ3v) is 3.99. The first kappa shape index (κ1) is 13.5. The Kier molecular flexibility index (Phi) is 5.16. The molecule has 0 saturated heterocycles. The van der Waals surface area contributed by atoms with Crippen LogP contribution in [0.25, 0.3) is 0 Å². The van der Waals surface area contributed by atoms with Crippen LogP contribution in [0.2, 0.25) is 0 Å². The van der Waals surface area contributed by atoms with Crippen LogP contribution in [0.5, 0.6) is 5.75 Å². The SMILES string of the molecule is Fc1ccccc1OCCNCc1cc(Br)cs1. The molecule has 2 rings (SSSR count). The molecule has 0 aliphatic heterocycles. The minimum atomic E-state index is -0.320. The highest BCUT2D eigenvalue weighted by Gasteiger charge is 2.01. The Labute approximate surface area is 118 Å². The molecule has 0 aliphatic rings. The second-order valence-electron chi connectivity index (χ2n) is 3.69. The molecule has 0 unspecified atom stereocenters. The first-order valence-corrected chi connectivity index (χ1v) is 7.24. The molecule has 0 saturated carbocycles. The fourth-order valence-electron chi connectivity index (χ4n) is 1.45. The Morgan fingerprint density at radius 3 is 2.89 bits per heavy atom. The van der Waals surface area contributed by atoms with E-state index >= 15 is 0 Å². The van der Waals surface area contributed by atoms with Crippen molar-refractivity contribution in [1.29, 1.82) is 0 Å². The molecule has 0 bridgehead atoms. The molecule has 1 aromatic carbocycles. The maximum atomic E-state index is 13.2. The van der Waals surface area contributed by atoms with E-state index in [4.69, 9.17) is 4.74 Å². The topological polar surface area (TPSA) is 21.3 Å². The van der Waals surface area contributed by atoms with Gasteiger partial charge < -0.3 is 10.1 Å². The van der Waals surface area contributed by atoms with Gasteiger partial charge in [0.2, 0.25) is 0 Å². The van der Waals surface area contributed by atoms with Gasteiger partial charge in [-0.05, 0) is 34.1 Å². The minimum absolute atomic E-state index is 0.304. The van der Waals surface area contributed by atoms with Crippen LogP contribution in [0, 0.1) is 5.82 Å². The summed E-state index contributed by atoms with van der Waals surface area (Å²) in [5.41, 5.74) is 0. The van der Waals surface area contributed by atoms with Gasteiger partial charge in [-0.3, -0.25) is 0 Å². The van der Waals surface area contributed by atoms with E-state index in [0.717, 1.165) is 11.0 Å². The molecular weight excluding hydrogens is 317 g/mol. The van der Waals surface area contributed by atoms with Crippen molar-refractivity contribution in [1.82, 2.24) is 5.32 Å². The van der Waals surface area contributed by atoms with E-state index in [0.29, 0.717) is 18.9 Å². The number of nitrogens with one attached hydrogen (secondary N) is 1. The molecule has 0 amide bonds. The van der Waals surface area contributed by atoms with Crippen LogP contribution in [0.4, 0.5) is 4.39 Å². The van der Waals surface area contributed by atoms with Crippen LogP contribution < -0.4 is 10.1 Å². The highest BCUT2D eigenvalue weighted by atomic mass is 79.9. The van der Waals surface area contributed by atoms with Crippen LogP contribution in [0.1, 0.15) is 4.88 Å². The molecular formula is C13H13BrFNOS. The number of benzene rings is 1. The zero-order chi connectivity index (χ0) is 12.8. The van der Waals surface area contributed by atoms with E-state index in [1.54, 1.807) is 29.5 Å². The van der Waals surface area contributed by atoms with Crippen molar-refractivity contribution in [3.8, 4) is 5.75 Å². The molecule has 0 spiro atoms. The number of ether oxygens (including phenoxy) is 1. The van der Waals surface area contributed by atoms with Gasteiger partial charge in [-0.2, -0.15) is 0 Å². The Morgan fingerprint density at radius 1 is 1.33 bits per heavy atom. The van der Waals surface area contributed by atoms with Crippen LogP contribution in [0.15, 0.2) is 40.2 Å². The molecule has 2 nitrogen and oxygen atoms in total. The Bertz CT molecular complexity index is 503. The number of para-hydroxylation sites is 1. The number of hydrogen-bond acceptors (Lipinski definition) is 3. The third kappa shape index (κ3) is 4.08. The molecule has 0 radical (unpaired) electrons. The van der Waals surface area contributed by atoms with Crippen molar-refractivity contribution in [3.63, 3.8) is 0 Å². The van der Waals surface area contributed by atoms with Crippen molar-refractivity contribution in [2.45, 2.75) is 6.54 Å². The standard InChI is InChI=1S/C13H13BrFNOS/c14-10-7-11(18-9-10)8-16-5-6-17-13-4-2-1-3-12(13)15/h1-4,7,9,16H,5-6,8H2. The maximum absolute atomic E-state index is 13.2. The van der Waals surface area contributed by atoms with Crippen LogP contribution >= 0.6 is 27.3 Å². The fraction of sp³-hybridized carbons (Fsp3) is 0.231. The van der Waals surface area contributed by atoms with E-state index in [-0.39, 0.29) is 5.82 Å². The average Bonchev–Trinajstić information content (AvgIpc) is 2.77. The first-order valence-electron chi connectivity index (χ1n) is 5.56. The van der Waals surface area contributed by atoms with Gasteiger partial charge in [0, 0.05) is 27.8 Å². The predicted molar refractivity (Wildman–Crippen MR) is 75.6 cm³/mol. The molecule has 0 fully saturated rings. The maximum Gasteiger partial charge on any atom is 0.165 e. The first-order chi connectivity index (χ1) is 8.75. The summed E-state index contributed by atoms with van der Waals surface area (Å²) in [6, 6.07) is 8.51. The van der Waals surface area contributed by atoms with E-state index in [1.165, 1.54) is 10.9 Å². The van der Waals surface area contributed by atoms with Gasteiger partial charge >= 0.3 is 0 Å². The Morgan fingerprint density at radius 2 is 2.17 bits per heavy atom. The average molecular weight is 330 g/mol. The molecule has 1 aromatic heterocycles. The van der Waals surface area contributed by atoms with E-state index in [9.17, 15) is 4.39 Å². The smallest absolute Gasteiger partial charge is 0.165 e. The van der Waals surface area contributed by atoms with Gasteiger partial charge in [-0.25, -0.2) is 4.39 Å². The summed E-state index contributed by atoms with van der Waals surface area (Å²) in [4.78, 5) is 1.26. The molecule has 1 heterocycles. The minimum Gasteiger partial charge on any atom is -0.489 e. The number of thiophene rings is 1. The lowest BCUT2D eigenvalue weighted by atomic mass is 10.3. The number of rotatable bonds is 6. The van der Waals surface area contributed by atoms with Crippen molar-refractivity contribution >= 4 is 27.3 Å². The molecule has 1 N–H and O–H groups in total. The second kappa shape index (κ2) is 6.87. The largest absolute Gasteiger partial charge is 0.489 e. The Hall–Kier alpha value is -0.910. The number of halogens is 2. The van der Waals surface area contributed by atoms with Crippen LogP contribution in [-0.2, 0) is 6.54 Å². The van der Waals surface area contributed by atoms with Gasteiger partial charge in [-0.15, -0.1) is 11.3 Å². The quantitative estimate of drug-likeness (QED) is 0.813. The summed E-state index contributed by atoms with van der Waals surface area (Å²) in [6.07, 6.45) is 0. The second-order valence-corrected chi connectivity index (χ2v) is 5.60. The van der Waals surface area contributed by atoms with Crippen molar-refractivity contribution < 1.29 is 9.13 Å². The molecule has 96 valence electrons. The molecule has 5 heteroatoms. The van der Waals surface area contributed by atoms with Gasteiger partial charge in [0.15, 0.2) is 11.6 Å². The lowest BCUT2D eigenvalue weighted by Crippen LogP contribution is -2.20. The summed E-state index contributed by atoms with van der Waals surface area (Å²) in [6.45, 7) is 1.94. The normalized spacial score (nSPS) is 10.6. The lowest BCUT2D eigenvalue weighted by Gasteiger charge is -2.07. The summed E-state index contributed by atoms with van der Waals surface area (Å²) < 4.78 is 19.7. The van der Waals surface area contributed by atoms with E-state index < -0.39 is 0 Å². The Balaban J connectivity index is 1.66. The van der Waals surface area contributed by atoms with Crippen LogP contribution in [0.3, 0.4) is 0 Å². The molecule has 0 atom stereocenters. The zero-order valence-corrected chi connectivity index (χ0v) is 12.1. The van der Waals surface area contributed by atoms with E-state index in [1.807, 2.05) is 5.38 Å². The predicted octanol–water partition coefficient (Wildman–Crippen LogP) is 3.82. The monoisotopic (exact) mass is 329 g/mol. The fourth-order valence-corrected chi connectivity index (χ4v) is 2.87. The summed E-state index contributed by atoms with van der Waals surface area (Å²) in [5.74, 6) is -0.0159. The van der Waals surface area contributed by atoms with Gasteiger partial charge in [0.25, 0.3) is 0 Å². The lowest BCUT2D eigenvalue weighted by molar-refractivity contribution is 0.298. The summed E-state index contributed by atoms with van der Waals surface area (Å²) in [7, 11) is 0. The highest BCUT2D eigenvalue weighted by Crippen LogP contribution is 2.19. The summed E-state index contributed by atoms with van der Waals surface area (Å²) in [5, 5.41) is 5.30. The van der Waals surface area contributed by atoms with E-state index in [2.05, 4.69) is 27.3 Å². The molecule has 0 aliphatic carbocycles. The van der Waals surface area contributed by atoms with Crippen LogP contribution in [-0.4, -0.2) is 13.2 Å². The van der Waals surface area contributed by atoms with Gasteiger partial charge in [-0.1, -0.05) is 12.1 Å². The van der Waals surface area contributed by atoms with Gasteiger partial charge in [0.05, 0.1) is 0 Å². The third-order valence-electron chi connectivity index (χ3n) is 2.29. The summed E-state index contributed by atoms with van der Waals surface area (Å²) >= 11 is 5.11. The van der Waals surface area contributed by atoms with Crippen molar-refractivity contribution in [3.05, 3.63) is 50.9 Å². The number of hydrogen-bond donors (Lipinski definition) is 1. The molecule has 18 heavy (non-hydrogen) atoms. The molecule has 2 aromatic rings. The van der Waals surface area contributed by atoms with Gasteiger partial charge in [0.1, 0.15) is 6.61 Å². The highest BCUT2D eigenvalue weighted by molar-refractivity contribution is 9.10. The zero-order valence-electron chi connectivity index (χ0n) is 9.66. The van der Waals surface area contributed by atoms with Crippen molar-refractivity contribution in [2.75, 3.05) is 13.2 Å².